The number of benzene rings is 2. The standard InChI is InChI=1S/C25H26N4O2/c1-4-20-21-12-8-9-13-23(21)29(25(31)28-14-17(2)26-18(3)15-28)16-22(20)24(30)27-19-10-6-5-7-11-19/h5-13,16-18,26H,1,14-15H2,2-3H3,(H,27,30). The van der Waals surface area contributed by atoms with Crippen LogP contribution in [0.3, 0.4) is 0 Å². The zero-order chi connectivity index (χ0) is 22.0. The fourth-order valence-electron chi connectivity index (χ4n) is 4.18. The monoisotopic (exact) mass is 414 g/mol. The zero-order valence-electron chi connectivity index (χ0n) is 17.8. The maximum atomic E-state index is 13.5. The molecular formula is C25H26N4O2. The summed E-state index contributed by atoms with van der Waals surface area (Å²) in [6.45, 7) is 9.13. The van der Waals surface area contributed by atoms with Crippen molar-refractivity contribution in [2.75, 3.05) is 23.3 Å². The molecule has 4 rings (SSSR count). The molecule has 2 aromatic carbocycles. The van der Waals surface area contributed by atoms with E-state index in [1.807, 2.05) is 59.5 Å². The highest BCUT2D eigenvalue weighted by molar-refractivity contribution is 6.19. The minimum atomic E-state index is -0.313. The highest BCUT2D eigenvalue weighted by Gasteiger charge is 2.33. The van der Waals surface area contributed by atoms with Crippen LogP contribution in [0.15, 0.2) is 78.7 Å². The fourth-order valence-corrected chi connectivity index (χ4v) is 4.18. The van der Waals surface area contributed by atoms with Crippen LogP contribution in [-0.4, -0.2) is 42.0 Å². The van der Waals surface area contributed by atoms with Crippen LogP contribution in [0.2, 0.25) is 0 Å². The van der Waals surface area contributed by atoms with E-state index >= 15 is 0 Å². The molecule has 1 saturated heterocycles. The van der Waals surface area contributed by atoms with E-state index in [4.69, 9.17) is 0 Å². The predicted octanol–water partition coefficient (Wildman–Crippen LogP) is 4.00. The molecule has 0 spiro atoms. The number of rotatable bonds is 2. The molecule has 31 heavy (non-hydrogen) atoms. The number of nitrogens with one attached hydrogen (secondary N) is 2. The first-order valence-corrected chi connectivity index (χ1v) is 10.4. The van der Waals surface area contributed by atoms with Gasteiger partial charge in [0.15, 0.2) is 0 Å². The van der Waals surface area contributed by atoms with Crippen LogP contribution in [0.5, 0.6) is 0 Å². The van der Waals surface area contributed by atoms with E-state index in [2.05, 4.69) is 36.8 Å². The lowest BCUT2D eigenvalue weighted by Crippen LogP contribution is -2.58. The topological polar surface area (TPSA) is 64.7 Å². The maximum absolute atomic E-state index is 13.5. The number of anilines is 2. The normalized spacial score (nSPS) is 20.5. The number of urea groups is 1. The van der Waals surface area contributed by atoms with Crippen molar-refractivity contribution in [1.82, 2.24) is 10.2 Å². The number of piperazine rings is 1. The van der Waals surface area contributed by atoms with Gasteiger partial charge in [-0.05, 0) is 32.0 Å². The van der Waals surface area contributed by atoms with Gasteiger partial charge in [0.05, 0.1) is 11.3 Å². The van der Waals surface area contributed by atoms with E-state index in [-0.39, 0.29) is 24.0 Å². The van der Waals surface area contributed by atoms with Crippen molar-refractivity contribution in [3.05, 3.63) is 84.2 Å². The molecule has 0 radical (unpaired) electrons. The lowest BCUT2D eigenvalue weighted by Gasteiger charge is -2.39. The summed E-state index contributed by atoms with van der Waals surface area (Å²) in [7, 11) is 0. The minimum Gasteiger partial charge on any atom is -0.322 e. The molecule has 6 nitrogen and oxygen atoms in total. The van der Waals surface area contributed by atoms with Gasteiger partial charge in [-0.2, -0.15) is 0 Å². The molecule has 6 heteroatoms. The SMILES string of the molecule is C=C=C1C(C(=O)Nc2ccccc2)=CN(C(=O)N2CC(C)NC(C)C2)c2ccccc21. The van der Waals surface area contributed by atoms with Gasteiger partial charge in [0.1, 0.15) is 0 Å². The van der Waals surface area contributed by atoms with E-state index in [9.17, 15) is 9.59 Å². The van der Waals surface area contributed by atoms with E-state index in [1.54, 1.807) is 11.1 Å². The molecular weight excluding hydrogens is 388 g/mol. The van der Waals surface area contributed by atoms with Gasteiger partial charge in [-0.25, -0.2) is 4.79 Å². The van der Waals surface area contributed by atoms with Gasteiger partial charge in [-0.3, -0.25) is 9.69 Å². The van der Waals surface area contributed by atoms with Crippen LogP contribution >= 0.6 is 0 Å². The fraction of sp³-hybridized carbons (Fsp3) is 0.240. The first-order chi connectivity index (χ1) is 15.0. The Labute approximate surface area is 182 Å². The van der Waals surface area contributed by atoms with Crippen LogP contribution in [0.4, 0.5) is 16.2 Å². The van der Waals surface area contributed by atoms with E-state index < -0.39 is 0 Å². The molecule has 3 amide bonds. The number of fused-ring (bicyclic) bond motifs is 1. The predicted molar refractivity (Wildman–Crippen MR) is 124 cm³/mol. The van der Waals surface area contributed by atoms with Gasteiger partial charge < -0.3 is 15.5 Å². The molecule has 158 valence electrons. The van der Waals surface area contributed by atoms with Crippen LogP contribution in [-0.2, 0) is 4.79 Å². The molecule has 2 atom stereocenters. The zero-order valence-corrected chi connectivity index (χ0v) is 17.8. The largest absolute Gasteiger partial charge is 0.328 e. The van der Waals surface area contributed by atoms with Crippen molar-refractivity contribution in [3.63, 3.8) is 0 Å². The Kier molecular flexibility index (Phi) is 5.76. The molecule has 2 aromatic rings. The Balaban J connectivity index is 1.72. The second-order valence-corrected chi connectivity index (χ2v) is 7.96. The quantitative estimate of drug-likeness (QED) is 0.730. The summed E-state index contributed by atoms with van der Waals surface area (Å²) < 4.78 is 0. The molecule has 0 aliphatic carbocycles. The molecule has 0 bridgehead atoms. The van der Waals surface area contributed by atoms with Gasteiger partial charge >= 0.3 is 6.03 Å². The summed E-state index contributed by atoms with van der Waals surface area (Å²) in [5.41, 5.74) is 5.98. The number of carbonyl (C=O) groups is 2. The lowest BCUT2D eigenvalue weighted by molar-refractivity contribution is -0.112. The molecule has 2 N–H and O–H groups in total. The Bertz CT molecular complexity index is 1080. The number of hydrogen-bond donors (Lipinski definition) is 2. The van der Waals surface area contributed by atoms with Crippen LogP contribution in [0.1, 0.15) is 19.4 Å². The molecule has 0 aromatic heterocycles. The van der Waals surface area contributed by atoms with E-state index in [0.29, 0.717) is 35.6 Å². The van der Waals surface area contributed by atoms with Crippen LogP contribution < -0.4 is 15.5 Å². The summed E-state index contributed by atoms with van der Waals surface area (Å²) in [4.78, 5) is 30.1. The maximum Gasteiger partial charge on any atom is 0.328 e. The highest BCUT2D eigenvalue weighted by Crippen LogP contribution is 2.37. The number of amides is 3. The summed E-state index contributed by atoms with van der Waals surface area (Å²) in [5, 5.41) is 6.34. The Morgan fingerprint density at radius 2 is 1.68 bits per heavy atom. The highest BCUT2D eigenvalue weighted by atomic mass is 16.2. The molecule has 2 unspecified atom stereocenters. The summed E-state index contributed by atoms with van der Waals surface area (Å²) >= 11 is 0. The minimum absolute atomic E-state index is 0.152. The number of hydrogen-bond acceptors (Lipinski definition) is 3. The molecule has 0 saturated carbocycles. The van der Waals surface area contributed by atoms with Gasteiger partial charge in [-0.15, -0.1) is 5.73 Å². The van der Waals surface area contributed by atoms with Gasteiger partial charge in [0, 0.05) is 48.2 Å². The van der Waals surface area contributed by atoms with Gasteiger partial charge in [-0.1, -0.05) is 43.0 Å². The van der Waals surface area contributed by atoms with E-state index in [1.165, 1.54) is 0 Å². The third kappa shape index (κ3) is 4.17. The van der Waals surface area contributed by atoms with Crippen molar-refractivity contribution >= 4 is 28.9 Å². The molecule has 2 heterocycles. The lowest BCUT2D eigenvalue weighted by atomic mass is 9.93. The Hall–Kier alpha value is -3.60. The van der Waals surface area contributed by atoms with Gasteiger partial charge in [0.25, 0.3) is 5.91 Å². The van der Waals surface area contributed by atoms with Crippen molar-refractivity contribution in [2.24, 2.45) is 0 Å². The molecule has 2 aliphatic rings. The summed E-state index contributed by atoms with van der Waals surface area (Å²) in [5.74, 6) is -0.313. The molecule has 1 fully saturated rings. The Morgan fingerprint density at radius 1 is 1.03 bits per heavy atom. The second-order valence-electron chi connectivity index (χ2n) is 7.96. The number of nitrogens with zero attached hydrogens (tertiary/aromatic N) is 2. The average molecular weight is 415 g/mol. The van der Waals surface area contributed by atoms with Crippen LogP contribution in [0.25, 0.3) is 5.57 Å². The molecule has 2 aliphatic heterocycles. The van der Waals surface area contributed by atoms with Crippen molar-refractivity contribution in [2.45, 2.75) is 25.9 Å². The number of para-hydroxylation sites is 2. The van der Waals surface area contributed by atoms with Crippen molar-refractivity contribution in [3.8, 4) is 0 Å². The Morgan fingerprint density at radius 3 is 2.35 bits per heavy atom. The summed E-state index contributed by atoms with van der Waals surface area (Å²) in [6, 6.07) is 17.0. The average Bonchev–Trinajstić information content (AvgIpc) is 2.77. The first-order valence-electron chi connectivity index (χ1n) is 10.4. The third-order valence-electron chi connectivity index (χ3n) is 5.45. The van der Waals surface area contributed by atoms with E-state index in [0.717, 1.165) is 5.56 Å². The third-order valence-corrected chi connectivity index (χ3v) is 5.45. The second kappa shape index (κ2) is 8.64. The van der Waals surface area contributed by atoms with Crippen LogP contribution in [0, 0.1) is 0 Å². The van der Waals surface area contributed by atoms with Crippen molar-refractivity contribution in [1.29, 1.82) is 0 Å². The number of carbonyl (C=O) groups excluding carboxylic acids is 2. The first kappa shape index (κ1) is 20.7. The van der Waals surface area contributed by atoms with Crippen molar-refractivity contribution < 1.29 is 9.59 Å². The van der Waals surface area contributed by atoms with Gasteiger partial charge in [0.2, 0.25) is 0 Å². The summed E-state index contributed by atoms with van der Waals surface area (Å²) in [6.07, 6.45) is 1.60. The smallest absolute Gasteiger partial charge is 0.322 e.